The molecule has 0 aliphatic carbocycles. The van der Waals surface area contributed by atoms with Crippen molar-refractivity contribution in [1.82, 2.24) is 10.6 Å². The summed E-state index contributed by atoms with van der Waals surface area (Å²) in [6, 6.07) is 8.67. The first kappa shape index (κ1) is 15.8. The van der Waals surface area contributed by atoms with Gasteiger partial charge >= 0.3 is 6.03 Å². The van der Waals surface area contributed by atoms with Crippen LogP contribution < -0.4 is 10.6 Å². The number of aliphatic hydroxyl groups is 1. The lowest BCUT2D eigenvalue weighted by molar-refractivity contribution is 0.173. The van der Waals surface area contributed by atoms with Crippen LogP contribution in [0.1, 0.15) is 18.1 Å². The molecule has 2 atom stereocenters. The summed E-state index contributed by atoms with van der Waals surface area (Å²) < 4.78 is 22.6. The second-order valence-corrected chi connectivity index (χ2v) is 7.52. The van der Waals surface area contributed by atoms with Crippen molar-refractivity contribution in [2.24, 2.45) is 5.92 Å². The van der Waals surface area contributed by atoms with Gasteiger partial charge in [0.1, 0.15) is 0 Å². The van der Waals surface area contributed by atoms with Crippen molar-refractivity contribution < 1.29 is 18.3 Å². The van der Waals surface area contributed by atoms with E-state index in [9.17, 15) is 18.3 Å². The van der Waals surface area contributed by atoms with Crippen molar-refractivity contribution >= 4 is 15.9 Å². The van der Waals surface area contributed by atoms with Gasteiger partial charge in [0.2, 0.25) is 0 Å². The molecule has 0 spiro atoms. The number of hydrogen-bond acceptors (Lipinski definition) is 4. The van der Waals surface area contributed by atoms with E-state index in [1.165, 1.54) is 0 Å². The zero-order valence-electron chi connectivity index (χ0n) is 11.7. The molecule has 6 nitrogen and oxygen atoms in total. The predicted molar refractivity (Wildman–Crippen MR) is 79.6 cm³/mol. The van der Waals surface area contributed by atoms with Crippen LogP contribution in [0.15, 0.2) is 30.3 Å². The van der Waals surface area contributed by atoms with Crippen LogP contribution in [0.4, 0.5) is 4.79 Å². The molecule has 1 saturated heterocycles. The highest BCUT2D eigenvalue weighted by Gasteiger charge is 2.27. The van der Waals surface area contributed by atoms with Gasteiger partial charge in [0.05, 0.1) is 17.6 Å². The summed E-state index contributed by atoms with van der Waals surface area (Å²) in [5.41, 5.74) is 0.736. The Balaban J connectivity index is 1.68. The average Bonchev–Trinajstić information content (AvgIpc) is 2.83. The summed E-state index contributed by atoms with van der Waals surface area (Å²) in [5.74, 6) is 0.327. The van der Waals surface area contributed by atoms with Gasteiger partial charge in [0, 0.05) is 13.1 Å². The molecule has 3 N–H and O–H groups in total. The third-order valence-corrected chi connectivity index (χ3v) is 5.36. The number of carbonyl (C=O) groups is 1. The molecule has 1 fully saturated rings. The van der Waals surface area contributed by atoms with Gasteiger partial charge in [-0.15, -0.1) is 0 Å². The molecule has 2 unspecified atom stereocenters. The van der Waals surface area contributed by atoms with E-state index >= 15 is 0 Å². The number of nitrogens with one attached hydrogen (secondary N) is 2. The smallest absolute Gasteiger partial charge is 0.314 e. The maximum Gasteiger partial charge on any atom is 0.314 e. The zero-order valence-corrected chi connectivity index (χ0v) is 12.5. The normalized spacial score (nSPS) is 21.7. The van der Waals surface area contributed by atoms with E-state index in [4.69, 9.17) is 0 Å². The van der Waals surface area contributed by atoms with Crippen LogP contribution >= 0.6 is 0 Å². The minimum absolute atomic E-state index is 0.0141. The van der Waals surface area contributed by atoms with Gasteiger partial charge < -0.3 is 15.7 Å². The first-order valence-corrected chi connectivity index (χ1v) is 8.73. The number of aliphatic hydroxyl groups excluding tert-OH is 1. The van der Waals surface area contributed by atoms with Crippen molar-refractivity contribution in [1.29, 1.82) is 0 Å². The molecule has 2 amide bonds. The SMILES string of the molecule is O=C(NCC1CCS(=O)(=O)C1)NCC(O)c1ccccc1. The maximum atomic E-state index is 11.6. The highest BCUT2D eigenvalue weighted by atomic mass is 32.2. The van der Waals surface area contributed by atoms with Crippen LogP contribution in [0, 0.1) is 5.92 Å². The van der Waals surface area contributed by atoms with E-state index in [-0.39, 0.29) is 24.0 Å². The van der Waals surface area contributed by atoms with Gasteiger partial charge in [0.15, 0.2) is 9.84 Å². The second-order valence-electron chi connectivity index (χ2n) is 5.29. The lowest BCUT2D eigenvalue weighted by Gasteiger charge is -2.14. The van der Waals surface area contributed by atoms with Crippen molar-refractivity contribution in [2.45, 2.75) is 12.5 Å². The van der Waals surface area contributed by atoms with Crippen LogP contribution in [-0.2, 0) is 9.84 Å². The van der Waals surface area contributed by atoms with Gasteiger partial charge in [-0.3, -0.25) is 0 Å². The number of benzene rings is 1. The third-order valence-electron chi connectivity index (χ3n) is 3.52. The highest BCUT2D eigenvalue weighted by molar-refractivity contribution is 7.91. The van der Waals surface area contributed by atoms with Gasteiger partial charge in [-0.2, -0.15) is 0 Å². The number of hydrogen-bond donors (Lipinski definition) is 3. The summed E-state index contributed by atoms with van der Waals surface area (Å²) >= 11 is 0. The van der Waals surface area contributed by atoms with Crippen molar-refractivity contribution in [3.05, 3.63) is 35.9 Å². The molecule has 21 heavy (non-hydrogen) atoms. The first-order chi connectivity index (χ1) is 9.96. The highest BCUT2D eigenvalue weighted by Crippen LogP contribution is 2.17. The van der Waals surface area contributed by atoms with Gasteiger partial charge in [0.25, 0.3) is 0 Å². The average molecular weight is 312 g/mol. The molecule has 0 saturated carbocycles. The molecule has 1 aromatic rings. The molecule has 1 aromatic carbocycles. The Bertz CT molecular complexity index is 574. The van der Waals surface area contributed by atoms with Crippen LogP contribution in [-0.4, -0.2) is 44.2 Å². The molecule has 1 aliphatic rings. The van der Waals surface area contributed by atoms with Crippen LogP contribution in [0.5, 0.6) is 0 Å². The summed E-state index contributed by atoms with van der Waals surface area (Å²) in [4.78, 5) is 11.6. The summed E-state index contributed by atoms with van der Waals surface area (Å²) in [7, 11) is -2.92. The lowest BCUT2D eigenvalue weighted by Crippen LogP contribution is -2.40. The molecule has 0 bridgehead atoms. The van der Waals surface area contributed by atoms with E-state index in [0.29, 0.717) is 13.0 Å². The Morgan fingerprint density at radius 3 is 2.62 bits per heavy atom. The minimum atomic E-state index is -2.92. The monoisotopic (exact) mass is 312 g/mol. The van der Waals surface area contributed by atoms with E-state index in [0.717, 1.165) is 5.56 Å². The number of rotatable bonds is 5. The third kappa shape index (κ3) is 5.02. The fourth-order valence-corrected chi connectivity index (χ4v) is 4.18. The number of amides is 2. The summed E-state index contributed by atoms with van der Waals surface area (Å²) in [6.45, 7) is 0.450. The fourth-order valence-electron chi connectivity index (χ4n) is 2.31. The van der Waals surface area contributed by atoms with E-state index < -0.39 is 22.0 Å². The molecule has 2 rings (SSSR count). The second kappa shape index (κ2) is 6.91. The van der Waals surface area contributed by atoms with Gasteiger partial charge in [-0.05, 0) is 17.9 Å². The maximum absolute atomic E-state index is 11.6. The lowest BCUT2D eigenvalue weighted by atomic mass is 10.1. The molecule has 7 heteroatoms. The number of sulfone groups is 1. The standard InChI is InChI=1S/C14H20N2O4S/c17-13(12-4-2-1-3-5-12)9-16-14(18)15-8-11-6-7-21(19,20)10-11/h1-5,11,13,17H,6-10H2,(H2,15,16,18). The van der Waals surface area contributed by atoms with Crippen molar-refractivity contribution in [3.8, 4) is 0 Å². The van der Waals surface area contributed by atoms with E-state index in [2.05, 4.69) is 10.6 Å². The Hall–Kier alpha value is -1.60. The zero-order chi connectivity index (χ0) is 15.3. The molecular formula is C14H20N2O4S. The molecule has 1 aliphatic heterocycles. The molecule has 1 heterocycles. The number of carbonyl (C=O) groups excluding carboxylic acids is 1. The topological polar surface area (TPSA) is 95.5 Å². The predicted octanol–water partition coefficient (Wildman–Crippen LogP) is 0.454. The van der Waals surface area contributed by atoms with E-state index in [1.807, 2.05) is 18.2 Å². The molecular weight excluding hydrogens is 292 g/mol. The number of urea groups is 1. The van der Waals surface area contributed by atoms with Crippen LogP contribution in [0.3, 0.4) is 0 Å². The van der Waals surface area contributed by atoms with Gasteiger partial charge in [-0.25, -0.2) is 13.2 Å². The van der Waals surface area contributed by atoms with E-state index in [1.54, 1.807) is 12.1 Å². The van der Waals surface area contributed by atoms with Crippen molar-refractivity contribution in [2.75, 3.05) is 24.6 Å². The van der Waals surface area contributed by atoms with Crippen LogP contribution in [0.2, 0.25) is 0 Å². The summed E-state index contributed by atoms with van der Waals surface area (Å²) in [5, 5.41) is 15.1. The first-order valence-electron chi connectivity index (χ1n) is 6.91. The Kier molecular flexibility index (Phi) is 5.19. The Labute approximate surface area is 124 Å². The Morgan fingerprint density at radius 1 is 1.29 bits per heavy atom. The Morgan fingerprint density at radius 2 is 2.00 bits per heavy atom. The van der Waals surface area contributed by atoms with Crippen LogP contribution in [0.25, 0.3) is 0 Å². The fraction of sp³-hybridized carbons (Fsp3) is 0.500. The van der Waals surface area contributed by atoms with Crippen molar-refractivity contribution in [3.63, 3.8) is 0 Å². The van der Waals surface area contributed by atoms with Gasteiger partial charge in [-0.1, -0.05) is 30.3 Å². The molecule has 116 valence electrons. The molecule has 0 aromatic heterocycles. The largest absolute Gasteiger partial charge is 0.387 e. The summed E-state index contributed by atoms with van der Waals surface area (Å²) in [6.07, 6.45) is -0.168. The molecule has 0 radical (unpaired) electrons. The quantitative estimate of drug-likeness (QED) is 0.736. The minimum Gasteiger partial charge on any atom is -0.387 e.